The minimum atomic E-state index is 0. The second kappa shape index (κ2) is 11.8. The summed E-state index contributed by atoms with van der Waals surface area (Å²) in [6.45, 7) is 8.75. The second-order valence-electron chi connectivity index (χ2n) is 5.36. The molecule has 0 spiro atoms. The Labute approximate surface area is 165 Å². The van der Waals surface area contributed by atoms with E-state index in [4.69, 9.17) is 6.58 Å². The van der Waals surface area contributed by atoms with Crippen LogP contribution in [0.2, 0.25) is 0 Å². The molecule has 0 aliphatic carbocycles. The van der Waals surface area contributed by atoms with E-state index in [9.17, 15) is 0 Å². The summed E-state index contributed by atoms with van der Waals surface area (Å²) >= 11 is 0. The van der Waals surface area contributed by atoms with Gasteiger partial charge in [0, 0.05) is 0 Å². The van der Waals surface area contributed by atoms with Crippen LogP contribution >= 0.6 is 0 Å². The zero-order chi connectivity index (χ0) is 15.8. The van der Waals surface area contributed by atoms with Crippen molar-refractivity contribution < 1.29 is 26.2 Å². The smallest absolute Gasteiger partial charge is 0.515 e. The molecule has 4 rings (SSSR count). The van der Waals surface area contributed by atoms with Crippen LogP contribution in [-0.4, -0.2) is 0 Å². The first-order chi connectivity index (χ1) is 10.7. The normalized spacial score (nSPS) is 8.75. The molecular formula is C23H24Zr. The number of fused-ring (bicyclic) bond motifs is 3. The van der Waals surface area contributed by atoms with Gasteiger partial charge >= 0.3 is 26.2 Å². The summed E-state index contributed by atoms with van der Waals surface area (Å²) in [6, 6.07) is 29.3. The first kappa shape index (κ1) is 22.3. The van der Waals surface area contributed by atoms with Gasteiger partial charge in [-0.05, 0) is 0 Å². The van der Waals surface area contributed by atoms with Crippen LogP contribution in [0.3, 0.4) is 0 Å². The quantitative estimate of drug-likeness (QED) is 0.284. The summed E-state index contributed by atoms with van der Waals surface area (Å²) < 4.78 is 0. The summed E-state index contributed by atoms with van der Waals surface area (Å²) in [5.74, 6) is 0. The Morgan fingerprint density at radius 2 is 1.12 bits per heavy atom. The van der Waals surface area contributed by atoms with E-state index in [1.807, 2.05) is 44.2 Å². The maximum Gasteiger partial charge on any atom is 4.00 e. The SMILES string of the molecule is [CH-]=C(C)C.[CH3-].[Zr+4].c1cc[cH-]c1.c1ccc2c(c1)[cH-]c1ccccc12. The molecule has 0 fully saturated rings. The molecule has 0 saturated heterocycles. The molecule has 1 heteroatoms. The van der Waals surface area contributed by atoms with E-state index in [1.54, 1.807) is 0 Å². The third kappa shape index (κ3) is 6.81. The van der Waals surface area contributed by atoms with Crippen molar-refractivity contribution >= 4 is 21.5 Å². The van der Waals surface area contributed by atoms with Crippen molar-refractivity contribution in [2.45, 2.75) is 13.8 Å². The molecule has 0 amide bonds. The van der Waals surface area contributed by atoms with Crippen molar-refractivity contribution in [1.29, 1.82) is 0 Å². The van der Waals surface area contributed by atoms with Gasteiger partial charge in [0.25, 0.3) is 0 Å². The summed E-state index contributed by atoms with van der Waals surface area (Å²) in [4.78, 5) is 0. The zero-order valence-electron chi connectivity index (χ0n) is 14.7. The van der Waals surface area contributed by atoms with Crippen LogP contribution < -0.4 is 0 Å². The average Bonchev–Trinajstić information content (AvgIpc) is 3.18. The molecule has 0 nitrogen and oxygen atoms in total. The van der Waals surface area contributed by atoms with Gasteiger partial charge in [-0.2, -0.15) is 18.2 Å². The predicted octanol–water partition coefficient (Wildman–Crippen LogP) is 6.95. The third-order valence-corrected chi connectivity index (χ3v) is 3.08. The van der Waals surface area contributed by atoms with Crippen molar-refractivity contribution in [3.63, 3.8) is 0 Å². The molecule has 120 valence electrons. The first-order valence-corrected chi connectivity index (χ1v) is 7.44. The number of hydrogen-bond acceptors (Lipinski definition) is 0. The van der Waals surface area contributed by atoms with Crippen LogP contribution in [0.15, 0.2) is 90.5 Å². The summed E-state index contributed by atoms with van der Waals surface area (Å²) in [5.41, 5.74) is 0.917. The molecule has 0 radical (unpaired) electrons. The number of hydrogen-bond donors (Lipinski definition) is 0. The Bertz CT molecular complexity index is 748. The molecule has 0 saturated carbocycles. The van der Waals surface area contributed by atoms with Crippen molar-refractivity contribution in [2.75, 3.05) is 0 Å². The van der Waals surface area contributed by atoms with Gasteiger partial charge in [0.2, 0.25) is 0 Å². The van der Waals surface area contributed by atoms with Crippen LogP contribution in [0.4, 0.5) is 0 Å². The molecule has 0 aliphatic rings. The van der Waals surface area contributed by atoms with Crippen molar-refractivity contribution in [1.82, 2.24) is 0 Å². The third-order valence-electron chi connectivity index (χ3n) is 3.08. The van der Waals surface area contributed by atoms with Gasteiger partial charge in [0.1, 0.15) is 0 Å². The Hall–Kier alpha value is -1.72. The number of allylic oxidation sites excluding steroid dienone is 1. The van der Waals surface area contributed by atoms with Gasteiger partial charge in [-0.25, -0.2) is 12.1 Å². The molecule has 0 N–H and O–H groups in total. The Balaban J connectivity index is 0.000000409. The first-order valence-electron chi connectivity index (χ1n) is 7.44. The van der Waals surface area contributed by atoms with E-state index in [0.717, 1.165) is 5.57 Å². The molecular weight excluding hydrogens is 367 g/mol. The minimum Gasteiger partial charge on any atom is -0.515 e. The molecule has 0 heterocycles. The fourth-order valence-electron chi connectivity index (χ4n) is 2.22. The van der Waals surface area contributed by atoms with Crippen LogP contribution in [0, 0.1) is 14.0 Å². The molecule has 0 unspecified atom stereocenters. The summed E-state index contributed by atoms with van der Waals surface area (Å²) in [5, 5.41) is 5.39. The van der Waals surface area contributed by atoms with Crippen LogP contribution in [0.1, 0.15) is 13.8 Å². The topological polar surface area (TPSA) is 0 Å². The Kier molecular flexibility index (Phi) is 10.9. The van der Waals surface area contributed by atoms with Crippen LogP contribution in [0.5, 0.6) is 0 Å². The fourth-order valence-corrected chi connectivity index (χ4v) is 2.22. The monoisotopic (exact) mass is 390 g/mol. The number of rotatable bonds is 0. The van der Waals surface area contributed by atoms with Gasteiger partial charge in [0.05, 0.1) is 0 Å². The van der Waals surface area contributed by atoms with Crippen LogP contribution in [-0.2, 0) is 26.2 Å². The van der Waals surface area contributed by atoms with Crippen molar-refractivity contribution in [3.8, 4) is 0 Å². The number of benzene rings is 2. The molecule has 4 aromatic carbocycles. The van der Waals surface area contributed by atoms with Gasteiger partial charge in [-0.15, -0.1) is 39.7 Å². The molecule has 0 atom stereocenters. The fraction of sp³-hybridized carbons (Fsp3) is 0.0870. The maximum atomic E-state index is 5.03. The van der Waals surface area contributed by atoms with E-state index < -0.39 is 0 Å². The predicted molar refractivity (Wildman–Crippen MR) is 105 cm³/mol. The van der Waals surface area contributed by atoms with Crippen LogP contribution in [0.25, 0.3) is 21.5 Å². The van der Waals surface area contributed by atoms with Crippen molar-refractivity contribution in [2.24, 2.45) is 0 Å². The van der Waals surface area contributed by atoms with E-state index >= 15 is 0 Å². The molecule has 0 bridgehead atoms. The largest absolute Gasteiger partial charge is 4.00 e. The summed E-state index contributed by atoms with van der Waals surface area (Å²) in [6.07, 6.45) is 0. The van der Waals surface area contributed by atoms with Gasteiger partial charge < -0.3 is 14.0 Å². The second-order valence-corrected chi connectivity index (χ2v) is 5.36. The minimum absolute atomic E-state index is 0. The van der Waals surface area contributed by atoms with E-state index in [1.165, 1.54) is 21.5 Å². The molecule has 0 aromatic heterocycles. The Morgan fingerprint density at radius 3 is 1.46 bits per heavy atom. The van der Waals surface area contributed by atoms with Gasteiger partial charge in [-0.3, -0.25) is 5.57 Å². The standard InChI is InChI=1S/C13H9.C5H5.C4H7.CH3.Zr/c1-3-7-12-10(5-1)9-11-6-2-4-8-13(11)12;1-2-4-5-3-1;1-4(2)3;;/h1-9H;1-5H;1H,2-3H3;1H3;/q4*-1;+4. The van der Waals surface area contributed by atoms with E-state index in [2.05, 4.69) is 54.6 Å². The maximum absolute atomic E-state index is 5.03. The van der Waals surface area contributed by atoms with Gasteiger partial charge in [0.15, 0.2) is 0 Å². The zero-order valence-corrected chi connectivity index (χ0v) is 17.1. The van der Waals surface area contributed by atoms with Gasteiger partial charge in [-0.1, -0.05) is 50.2 Å². The molecule has 4 aromatic rings. The van der Waals surface area contributed by atoms with Crippen molar-refractivity contribution in [3.05, 3.63) is 105 Å². The van der Waals surface area contributed by atoms with E-state index in [-0.39, 0.29) is 33.6 Å². The molecule has 24 heavy (non-hydrogen) atoms. The molecule has 0 aliphatic heterocycles. The Morgan fingerprint density at radius 1 is 0.750 bits per heavy atom. The van der Waals surface area contributed by atoms with E-state index in [0.29, 0.717) is 0 Å². The average molecular weight is 392 g/mol. The summed E-state index contributed by atoms with van der Waals surface area (Å²) in [7, 11) is 0.